The maximum absolute atomic E-state index is 4.72. The predicted molar refractivity (Wildman–Crippen MR) is 100 cm³/mol. The third-order valence-corrected chi connectivity index (χ3v) is 4.41. The molecule has 0 fully saturated rings. The smallest absolute Gasteiger partial charge is 0.182 e. The van der Waals surface area contributed by atoms with Gasteiger partial charge in [0.15, 0.2) is 11.6 Å². The second-order valence-corrected chi connectivity index (χ2v) is 5.92. The fourth-order valence-electron chi connectivity index (χ4n) is 3.22. The Morgan fingerprint density at radius 3 is 2.28 bits per heavy atom. The molecule has 5 rings (SSSR count). The number of aromatic amines is 1. The molecule has 0 saturated carbocycles. The highest BCUT2D eigenvalue weighted by Crippen LogP contribution is 2.29. The summed E-state index contributed by atoms with van der Waals surface area (Å²) in [6.45, 7) is 0. The molecule has 25 heavy (non-hydrogen) atoms. The van der Waals surface area contributed by atoms with Crippen molar-refractivity contribution in [3.8, 4) is 22.9 Å². The molecule has 0 radical (unpaired) electrons. The van der Waals surface area contributed by atoms with E-state index in [-0.39, 0.29) is 0 Å². The van der Waals surface area contributed by atoms with Gasteiger partial charge in [0.2, 0.25) is 0 Å². The molecule has 0 unspecified atom stereocenters. The molecular weight excluding hydrogens is 308 g/mol. The number of hydrogen-bond donors (Lipinski definition) is 1. The van der Waals surface area contributed by atoms with Crippen LogP contribution in [0.25, 0.3) is 44.5 Å². The van der Waals surface area contributed by atoms with Crippen molar-refractivity contribution in [2.45, 2.75) is 0 Å². The van der Waals surface area contributed by atoms with Gasteiger partial charge < -0.3 is 0 Å². The van der Waals surface area contributed by atoms with Crippen LogP contribution in [0.3, 0.4) is 0 Å². The molecule has 4 heteroatoms. The van der Waals surface area contributed by atoms with Crippen LogP contribution in [0.4, 0.5) is 0 Å². The van der Waals surface area contributed by atoms with Crippen LogP contribution in [-0.4, -0.2) is 20.2 Å². The summed E-state index contributed by atoms with van der Waals surface area (Å²) >= 11 is 0. The number of aromatic nitrogens is 4. The van der Waals surface area contributed by atoms with E-state index in [1.807, 2.05) is 42.5 Å². The third kappa shape index (κ3) is 2.27. The Labute approximate surface area is 144 Å². The summed E-state index contributed by atoms with van der Waals surface area (Å²) in [7, 11) is 0. The highest BCUT2D eigenvalue weighted by Gasteiger charge is 2.13. The zero-order valence-corrected chi connectivity index (χ0v) is 13.3. The molecule has 5 aromatic rings. The molecule has 0 aliphatic rings. The van der Waals surface area contributed by atoms with Gasteiger partial charge in [-0.15, -0.1) is 0 Å². The first-order valence-electron chi connectivity index (χ1n) is 8.15. The van der Waals surface area contributed by atoms with Crippen molar-refractivity contribution in [2.24, 2.45) is 0 Å². The average Bonchev–Trinajstić information content (AvgIpc) is 3.17. The largest absolute Gasteiger partial charge is 0.257 e. The van der Waals surface area contributed by atoms with Crippen LogP contribution in [0.1, 0.15) is 0 Å². The number of nitrogens with one attached hydrogen (secondary N) is 1. The summed E-state index contributed by atoms with van der Waals surface area (Å²) in [5, 5.41) is 12.0. The van der Waals surface area contributed by atoms with Gasteiger partial charge in [0.1, 0.15) is 5.69 Å². The number of rotatable bonds is 2. The molecule has 2 heterocycles. The van der Waals surface area contributed by atoms with E-state index >= 15 is 0 Å². The predicted octanol–water partition coefficient (Wildman–Crippen LogP) is 4.84. The molecule has 118 valence electrons. The van der Waals surface area contributed by atoms with Gasteiger partial charge in [-0.25, -0.2) is 4.98 Å². The molecule has 3 aromatic carbocycles. The Balaban J connectivity index is 1.69. The number of hydrogen-bond acceptors (Lipinski definition) is 3. The van der Waals surface area contributed by atoms with Gasteiger partial charge in [-0.1, -0.05) is 66.7 Å². The molecule has 1 N–H and O–H groups in total. The lowest BCUT2D eigenvalue weighted by Gasteiger charge is -2.03. The minimum atomic E-state index is 0.680. The standard InChI is InChI=1S/C21H14N4/c1-3-9-16-14(6-1)8-5-11-18(16)20-23-21(25-24-20)19-17-10-4-2-7-15(17)12-13-22-19/h1-13H,(H,23,24,25). The first-order chi connectivity index (χ1) is 12.4. The number of benzene rings is 3. The van der Waals surface area contributed by atoms with Crippen molar-refractivity contribution in [3.05, 3.63) is 79.0 Å². The van der Waals surface area contributed by atoms with E-state index in [1.54, 1.807) is 6.20 Å². The Hall–Kier alpha value is -3.53. The van der Waals surface area contributed by atoms with Crippen LogP contribution in [-0.2, 0) is 0 Å². The van der Waals surface area contributed by atoms with Gasteiger partial charge in [-0.2, -0.15) is 5.10 Å². The van der Waals surface area contributed by atoms with Crippen molar-refractivity contribution in [2.75, 3.05) is 0 Å². The molecule has 4 nitrogen and oxygen atoms in total. The Kier molecular flexibility index (Phi) is 3.07. The highest BCUT2D eigenvalue weighted by molar-refractivity contribution is 5.96. The summed E-state index contributed by atoms with van der Waals surface area (Å²) in [6, 6.07) is 24.6. The fourth-order valence-corrected chi connectivity index (χ4v) is 3.22. The van der Waals surface area contributed by atoms with Crippen LogP contribution in [0.2, 0.25) is 0 Å². The highest BCUT2D eigenvalue weighted by atomic mass is 15.2. The second-order valence-electron chi connectivity index (χ2n) is 5.92. The first kappa shape index (κ1) is 13.9. The number of nitrogens with zero attached hydrogens (tertiary/aromatic N) is 3. The van der Waals surface area contributed by atoms with Crippen molar-refractivity contribution in [1.29, 1.82) is 0 Å². The molecule has 0 spiro atoms. The summed E-state index contributed by atoms with van der Waals surface area (Å²) in [6.07, 6.45) is 1.80. The summed E-state index contributed by atoms with van der Waals surface area (Å²) in [4.78, 5) is 9.23. The topological polar surface area (TPSA) is 54.5 Å². The molecule has 0 amide bonds. The summed E-state index contributed by atoms with van der Waals surface area (Å²) in [5.41, 5.74) is 1.83. The van der Waals surface area contributed by atoms with Gasteiger partial charge in [-0.05, 0) is 22.2 Å². The maximum atomic E-state index is 4.72. The van der Waals surface area contributed by atoms with E-state index in [0.717, 1.165) is 27.4 Å². The normalized spacial score (nSPS) is 11.2. The lowest BCUT2D eigenvalue weighted by molar-refractivity contribution is 1.09. The number of H-pyrrole nitrogens is 1. The van der Waals surface area contributed by atoms with E-state index in [4.69, 9.17) is 4.98 Å². The molecule has 0 aliphatic carbocycles. The van der Waals surface area contributed by atoms with E-state index in [2.05, 4.69) is 45.5 Å². The fraction of sp³-hybridized carbons (Fsp3) is 0. The molecular formula is C21H14N4. The Morgan fingerprint density at radius 2 is 1.40 bits per heavy atom. The summed E-state index contributed by atoms with van der Waals surface area (Å²) < 4.78 is 0. The maximum Gasteiger partial charge on any atom is 0.182 e. The van der Waals surface area contributed by atoms with E-state index < -0.39 is 0 Å². The van der Waals surface area contributed by atoms with E-state index in [9.17, 15) is 0 Å². The van der Waals surface area contributed by atoms with Crippen molar-refractivity contribution in [1.82, 2.24) is 20.2 Å². The molecule has 0 bridgehead atoms. The van der Waals surface area contributed by atoms with Crippen molar-refractivity contribution < 1.29 is 0 Å². The van der Waals surface area contributed by atoms with Crippen LogP contribution < -0.4 is 0 Å². The van der Waals surface area contributed by atoms with Gasteiger partial charge >= 0.3 is 0 Å². The zero-order valence-electron chi connectivity index (χ0n) is 13.3. The SMILES string of the molecule is c1ccc2c(-c3n[nH]c(-c4nccc5ccccc45)n3)cccc2c1. The third-order valence-electron chi connectivity index (χ3n) is 4.41. The molecule has 0 atom stereocenters. The van der Waals surface area contributed by atoms with Crippen LogP contribution >= 0.6 is 0 Å². The Morgan fingerprint density at radius 1 is 0.680 bits per heavy atom. The van der Waals surface area contributed by atoms with Gasteiger partial charge in [0.25, 0.3) is 0 Å². The first-order valence-corrected chi connectivity index (χ1v) is 8.15. The number of pyridine rings is 1. The van der Waals surface area contributed by atoms with Crippen LogP contribution in [0.5, 0.6) is 0 Å². The van der Waals surface area contributed by atoms with E-state index in [0.29, 0.717) is 11.6 Å². The summed E-state index contributed by atoms with van der Waals surface area (Å²) in [5.74, 6) is 1.36. The second kappa shape index (κ2) is 5.53. The minimum Gasteiger partial charge on any atom is -0.257 e. The monoisotopic (exact) mass is 322 g/mol. The molecule has 0 saturated heterocycles. The number of fused-ring (bicyclic) bond motifs is 2. The quantitative estimate of drug-likeness (QED) is 0.506. The minimum absolute atomic E-state index is 0.680. The van der Waals surface area contributed by atoms with E-state index in [1.165, 1.54) is 5.39 Å². The lowest BCUT2D eigenvalue weighted by Crippen LogP contribution is -1.88. The van der Waals surface area contributed by atoms with Gasteiger partial charge in [0.05, 0.1) is 0 Å². The average molecular weight is 322 g/mol. The lowest BCUT2D eigenvalue weighted by atomic mass is 10.0. The zero-order chi connectivity index (χ0) is 16.6. The van der Waals surface area contributed by atoms with Gasteiger partial charge in [0, 0.05) is 17.1 Å². The molecule has 0 aliphatic heterocycles. The van der Waals surface area contributed by atoms with Crippen molar-refractivity contribution in [3.63, 3.8) is 0 Å². The molecule has 2 aromatic heterocycles. The van der Waals surface area contributed by atoms with Gasteiger partial charge in [-0.3, -0.25) is 10.1 Å². The van der Waals surface area contributed by atoms with Crippen LogP contribution in [0.15, 0.2) is 79.0 Å². The van der Waals surface area contributed by atoms with Crippen molar-refractivity contribution >= 4 is 21.5 Å². The van der Waals surface area contributed by atoms with Crippen LogP contribution in [0, 0.1) is 0 Å². The Bertz CT molecular complexity index is 1100.